The van der Waals surface area contributed by atoms with Crippen LogP contribution in [0.5, 0.6) is 0 Å². The molecule has 0 heterocycles. The van der Waals surface area contributed by atoms with Crippen molar-refractivity contribution in [3.63, 3.8) is 0 Å². The van der Waals surface area contributed by atoms with Crippen molar-refractivity contribution >= 4 is 29.1 Å². The minimum absolute atomic E-state index is 0.105. The van der Waals surface area contributed by atoms with Gasteiger partial charge in [0.15, 0.2) is 0 Å². The molecule has 0 spiro atoms. The average molecular weight is 339 g/mol. The molecule has 0 radical (unpaired) electrons. The molecule has 6 nitrogen and oxygen atoms in total. The van der Waals surface area contributed by atoms with Crippen LogP contribution in [0.4, 0.5) is 11.4 Å². The Balaban J connectivity index is 2.06. The van der Waals surface area contributed by atoms with Gasteiger partial charge < -0.3 is 16.0 Å². The first-order valence-electron chi connectivity index (χ1n) is 7.93. The van der Waals surface area contributed by atoms with Crippen molar-refractivity contribution in [2.24, 2.45) is 0 Å². The number of benzene rings is 2. The minimum atomic E-state index is -0.405. The summed E-state index contributed by atoms with van der Waals surface area (Å²) in [7, 11) is 0. The molecule has 0 aliphatic rings. The summed E-state index contributed by atoms with van der Waals surface area (Å²) in [6.45, 7) is 2.84. The molecule has 0 saturated heterocycles. The third-order valence-electron chi connectivity index (χ3n) is 3.44. The lowest BCUT2D eigenvalue weighted by Crippen LogP contribution is -2.29. The van der Waals surface area contributed by atoms with Crippen LogP contribution >= 0.6 is 0 Å². The van der Waals surface area contributed by atoms with Gasteiger partial charge in [0.25, 0.3) is 0 Å². The van der Waals surface area contributed by atoms with Gasteiger partial charge in [-0.15, -0.1) is 0 Å². The first-order valence-corrected chi connectivity index (χ1v) is 7.93. The number of carbonyl (C=O) groups excluding carboxylic acids is 3. The molecule has 1 atom stereocenters. The predicted molar refractivity (Wildman–Crippen MR) is 97.0 cm³/mol. The third-order valence-corrected chi connectivity index (χ3v) is 3.44. The van der Waals surface area contributed by atoms with Gasteiger partial charge >= 0.3 is 0 Å². The molecular weight excluding hydrogens is 318 g/mol. The Morgan fingerprint density at radius 3 is 2.08 bits per heavy atom. The van der Waals surface area contributed by atoms with Crippen LogP contribution in [0.3, 0.4) is 0 Å². The summed E-state index contributed by atoms with van der Waals surface area (Å²) in [5, 5.41) is 8.24. The van der Waals surface area contributed by atoms with Crippen LogP contribution in [0.25, 0.3) is 0 Å². The number of nitrogens with one attached hydrogen (secondary N) is 3. The summed E-state index contributed by atoms with van der Waals surface area (Å²) in [6.07, 6.45) is 0.105. The van der Waals surface area contributed by atoms with Gasteiger partial charge in [0.1, 0.15) is 0 Å². The summed E-state index contributed by atoms with van der Waals surface area (Å²) in [5.41, 5.74) is 2.04. The fourth-order valence-corrected chi connectivity index (χ4v) is 2.46. The second-order valence-electron chi connectivity index (χ2n) is 5.68. The molecule has 2 aromatic rings. The van der Waals surface area contributed by atoms with Crippen molar-refractivity contribution in [2.45, 2.75) is 26.3 Å². The molecule has 1 unspecified atom stereocenters. The summed E-state index contributed by atoms with van der Waals surface area (Å²) in [6, 6.07) is 15.8. The van der Waals surface area contributed by atoms with Crippen molar-refractivity contribution in [2.75, 3.05) is 10.6 Å². The second-order valence-corrected chi connectivity index (χ2v) is 5.68. The van der Waals surface area contributed by atoms with E-state index in [0.29, 0.717) is 11.4 Å². The molecule has 2 rings (SSSR count). The van der Waals surface area contributed by atoms with Gasteiger partial charge in [-0.25, -0.2) is 0 Å². The van der Waals surface area contributed by atoms with E-state index in [1.165, 1.54) is 13.8 Å². The van der Waals surface area contributed by atoms with Gasteiger partial charge in [-0.2, -0.15) is 0 Å². The monoisotopic (exact) mass is 339 g/mol. The molecule has 130 valence electrons. The Morgan fingerprint density at radius 2 is 1.48 bits per heavy atom. The lowest BCUT2D eigenvalue weighted by molar-refractivity contribution is -0.120. The van der Waals surface area contributed by atoms with E-state index in [2.05, 4.69) is 16.0 Å². The normalized spacial score (nSPS) is 11.3. The number of rotatable bonds is 6. The van der Waals surface area contributed by atoms with Gasteiger partial charge in [-0.05, 0) is 23.8 Å². The molecule has 0 fully saturated rings. The van der Waals surface area contributed by atoms with Crippen molar-refractivity contribution in [3.05, 3.63) is 60.2 Å². The predicted octanol–water partition coefficient (Wildman–Crippen LogP) is 2.85. The number of carbonyl (C=O) groups is 3. The van der Waals surface area contributed by atoms with Crippen LogP contribution in [-0.4, -0.2) is 17.7 Å². The summed E-state index contributed by atoms with van der Waals surface area (Å²) in [5.74, 6) is -0.616. The molecule has 0 aliphatic heterocycles. The highest BCUT2D eigenvalue weighted by Gasteiger charge is 2.17. The molecule has 25 heavy (non-hydrogen) atoms. The van der Waals surface area contributed by atoms with E-state index in [0.717, 1.165) is 5.56 Å². The average Bonchev–Trinajstić information content (AvgIpc) is 2.54. The van der Waals surface area contributed by atoms with Crippen LogP contribution in [0, 0.1) is 0 Å². The highest BCUT2D eigenvalue weighted by Crippen LogP contribution is 2.19. The fraction of sp³-hybridized carbons (Fsp3) is 0.211. The highest BCUT2D eigenvalue weighted by atomic mass is 16.2. The van der Waals surface area contributed by atoms with Crippen LogP contribution in [0.2, 0.25) is 0 Å². The van der Waals surface area contributed by atoms with E-state index in [9.17, 15) is 14.4 Å². The Kier molecular flexibility index (Phi) is 6.28. The summed E-state index contributed by atoms with van der Waals surface area (Å²) >= 11 is 0. The SMILES string of the molecule is CC(=O)Nc1cccc(NC(=O)CC(NC(C)=O)c2ccccc2)c1. The maximum atomic E-state index is 12.4. The van der Waals surface area contributed by atoms with E-state index in [-0.39, 0.29) is 24.1 Å². The van der Waals surface area contributed by atoms with E-state index in [4.69, 9.17) is 0 Å². The topological polar surface area (TPSA) is 87.3 Å². The molecule has 3 N–H and O–H groups in total. The maximum absolute atomic E-state index is 12.4. The highest BCUT2D eigenvalue weighted by molar-refractivity contribution is 5.93. The molecule has 0 saturated carbocycles. The minimum Gasteiger partial charge on any atom is -0.349 e. The number of amides is 3. The Labute approximate surface area is 146 Å². The number of hydrogen-bond donors (Lipinski definition) is 3. The van der Waals surface area contributed by atoms with Crippen molar-refractivity contribution in [3.8, 4) is 0 Å². The second kappa shape index (κ2) is 8.63. The van der Waals surface area contributed by atoms with Crippen LogP contribution < -0.4 is 16.0 Å². The van der Waals surface area contributed by atoms with Crippen LogP contribution in [0.15, 0.2) is 54.6 Å². The molecular formula is C19H21N3O3. The molecule has 0 bridgehead atoms. The van der Waals surface area contributed by atoms with Crippen molar-refractivity contribution < 1.29 is 14.4 Å². The van der Waals surface area contributed by atoms with Gasteiger partial charge in [0, 0.05) is 25.2 Å². The Hall–Kier alpha value is -3.15. The zero-order valence-electron chi connectivity index (χ0n) is 14.2. The summed E-state index contributed by atoms with van der Waals surface area (Å²) < 4.78 is 0. The summed E-state index contributed by atoms with van der Waals surface area (Å²) in [4.78, 5) is 34.9. The number of hydrogen-bond acceptors (Lipinski definition) is 3. The lowest BCUT2D eigenvalue weighted by atomic mass is 10.0. The molecule has 0 aliphatic carbocycles. The Bertz CT molecular complexity index is 760. The van der Waals surface area contributed by atoms with Crippen LogP contribution in [0.1, 0.15) is 31.9 Å². The molecule has 6 heteroatoms. The van der Waals surface area contributed by atoms with Crippen molar-refractivity contribution in [1.82, 2.24) is 5.32 Å². The third kappa shape index (κ3) is 6.10. The zero-order chi connectivity index (χ0) is 18.2. The largest absolute Gasteiger partial charge is 0.349 e. The maximum Gasteiger partial charge on any atom is 0.226 e. The van der Waals surface area contributed by atoms with Gasteiger partial charge in [0.05, 0.1) is 12.5 Å². The molecule has 0 aromatic heterocycles. The zero-order valence-corrected chi connectivity index (χ0v) is 14.2. The number of anilines is 2. The standard InChI is InChI=1S/C19H21N3O3/c1-13(23)20-16-9-6-10-17(11-16)22-19(25)12-18(21-14(2)24)15-7-4-3-5-8-15/h3-11,18H,12H2,1-2H3,(H,20,23)(H,21,24)(H,22,25). The first-order chi connectivity index (χ1) is 11.9. The van der Waals surface area contributed by atoms with Crippen molar-refractivity contribution in [1.29, 1.82) is 0 Å². The molecule has 3 amide bonds. The van der Waals surface area contributed by atoms with Crippen LogP contribution in [-0.2, 0) is 14.4 Å². The van der Waals surface area contributed by atoms with E-state index in [1.807, 2.05) is 30.3 Å². The quantitative estimate of drug-likeness (QED) is 0.756. The smallest absolute Gasteiger partial charge is 0.226 e. The fourth-order valence-electron chi connectivity index (χ4n) is 2.46. The van der Waals surface area contributed by atoms with E-state index >= 15 is 0 Å². The molecule has 2 aromatic carbocycles. The van der Waals surface area contributed by atoms with Gasteiger partial charge in [-0.3, -0.25) is 14.4 Å². The lowest BCUT2D eigenvalue weighted by Gasteiger charge is -2.18. The Morgan fingerprint density at radius 1 is 0.840 bits per heavy atom. The van der Waals surface area contributed by atoms with Gasteiger partial charge in [0.2, 0.25) is 17.7 Å². The van der Waals surface area contributed by atoms with E-state index in [1.54, 1.807) is 24.3 Å². The first kappa shape index (κ1) is 18.2. The van der Waals surface area contributed by atoms with Gasteiger partial charge in [-0.1, -0.05) is 36.4 Å². The van der Waals surface area contributed by atoms with E-state index < -0.39 is 6.04 Å².